The summed E-state index contributed by atoms with van der Waals surface area (Å²) in [5.41, 5.74) is 6.73. The molecule has 4 atom stereocenters. The normalized spacial score (nSPS) is 28.3. The van der Waals surface area contributed by atoms with E-state index in [0.717, 1.165) is 18.4 Å². The molecule has 4 unspecified atom stereocenters. The lowest BCUT2D eigenvalue weighted by molar-refractivity contribution is 0.227. The zero-order valence-corrected chi connectivity index (χ0v) is 13.9. The first-order valence-electron chi connectivity index (χ1n) is 7.69. The van der Waals surface area contributed by atoms with Crippen LogP contribution in [0.2, 0.25) is 0 Å². The highest BCUT2D eigenvalue weighted by Crippen LogP contribution is 2.30. The van der Waals surface area contributed by atoms with Gasteiger partial charge in [-0.2, -0.15) is 0 Å². The molecule has 21 heavy (non-hydrogen) atoms. The summed E-state index contributed by atoms with van der Waals surface area (Å²) in [6, 6.07) is 6.79. The number of benzene rings is 1. The van der Waals surface area contributed by atoms with Gasteiger partial charge in [0.25, 0.3) is 0 Å². The molecule has 0 saturated heterocycles. The molecule has 0 aromatic heterocycles. The average Bonchev–Trinajstić information content (AvgIpc) is 2.44. The highest BCUT2D eigenvalue weighted by molar-refractivity contribution is 7.89. The molecule has 1 fully saturated rings. The number of sulfonamides is 1. The highest BCUT2D eigenvalue weighted by Gasteiger charge is 2.30. The van der Waals surface area contributed by atoms with Gasteiger partial charge in [0.2, 0.25) is 10.0 Å². The predicted molar refractivity (Wildman–Crippen MR) is 85.3 cm³/mol. The molecule has 118 valence electrons. The summed E-state index contributed by atoms with van der Waals surface area (Å²) >= 11 is 0. The van der Waals surface area contributed by atoms with Crippen LogP contribution in [-0.2, 0) is 10.0 Å². The quantitative estimate of drug-likeness (QED) is 0.898. The fraction of sp³-hybridized carbons (Fsp3) is 0.625. The van der Waals surface area contributed by atoms with Crippen molar-refractivity contribution in [1.29, 1.82) is 0 Å². The van der Waals surface area contributed by atoms with E-state index in [1.807, 2.05) is 6.92 Å². The van der Waals surface area contributed by atoms with Crippen LogP contribution in [0.3, 0.4) is 0 Å². The fourth-order valence-electron chi connectivity index (χ4n) is 2.97. The Balaban J connectivity index is 2.14. The Morgan fingerprint density at radius 3 is 2.38 bits per heavy atom. The summed E-state index contributed by atoms with van der Waals surface area (Å²) in [6.07, 6.45) is 3.19. The second kappa shape index (κ2) is 6.46. The summed E-state index contributed by atoms with van der Waals surface area (Å²) in [5.74, 6) is 0.934. The molecule has 1 aliphatic carbocycles. The van der Waals surface area contributed by atoms with E-state index < -0.39 is 10.0 Å². The molecule has 0 aliphatic heterocycles. The molecular weight excluding hydrogens is 284 g/mol. The van der Waals surface area contributed by atoms with E-state index in [-0.39, 0.29) is 12.1 Å². The smallest absolute Gasteiger partial charge is 0.240 e. The van der Waals surface area contributed by atoms with Crippen LogP contribution in [0, 0.1) is 11.8 Å². The molecule has 4 nitrogen and oxygen atoms in total. The molecule has 1 aromatic rings. The molecule has 1 saturated carbocycles. The van der Waals surface area contributed by atoms with Crippen molar-refractivity contribution in [3.05, 3.63) is 29.8 Å². The van der Waals surface area contributed by atoms with E-state index in [1.165, 1.54) is 6.42 Å². The Morgan fingerprint density at radius 2 is 1.81 bits per heavy atom. The van der Waals surface area contributed by atoms with Gasteiger partial charge in [-0.05, 0) is 42.9 Å². The molecule has 0 heterocycles. The minimum Gasteiger partial charge on any atom is -0.324 e. The first-order chi connectivity index (χ1) is 9.81. The third kappa shape index (κ3) is 3.84. The average molecular weight is 310 g/mol. The van der Waals surface area contributed by atoms with Crippen molar-refractivity contribution >= 4 is 10.0 Å². The van der Waals surface area contributed by atoms with Gasteiger partial charge in [-0.3, -0.25) is 0 Å². The zero-order chi connectivity index (χ0) is 15.6. The zero-order valence-electron chi connectivity index (χ0n) is 13.0. The number of nitrogens with two attached hydrogens (primary N) is 1. The van der Waals surface area contributed by atoms with E-state index in [9.17, 15) is 8.42 Å². The van der Waals surface area contributed by atoms with Crippen LogP contribution in [0.25, 0.3) is 0 Å². The maximum absolute atomic E-state index is 12.5. The van der Waals surface area contributed by atoms with Gasteiger partial charge in [0.05, 0.1) is 4.90 Å². The molecule has 5 heteroatoms. The van der Waals surface area contributed by atoms with E-state index in [2.05, 4.69) is 18.6 Å². The molecular formula is C16H26N2O2S. The van der Waals surface area contributed by atoms with Crippen LogP contribution in [0.15, 0.2) is 29.2 Å². The van der Waals surface area contributed by atoms with Crippen molar-refractivity contribution < 1.29 is 8.42 Å². The number of nitrogens with one attached hydrogen (secondary N) is 1. The summed E-state index contributed by atoms with van der Waals surface area (Å²) < 4.78 is 27.9. The largest absolute Gasteiger partial charge is 0.324 e. The lowest BCUT2D eigenvalue weighted by Gasteiger charge is -2.34. The standard InChI is InChI=1S/C16H26N2O2S/c1-11-5-4-6-16(12(11)2)18-21(19,20)15-9-7-14(8-10-15)13(3)17/h7-13,16,18H,4-6,17H2,1-3H3. The van der Waals surface area contributed by atoms with Crippen LogP contribution in [0.4, 0.5) is 0 Å². The minimum absolute atomic E-state index is 0.0341. The van der Waals surface area contributed by atoms with Gasteiger partial charge < -0.3 is 5.73 Å². The lowest BCUT2D eigenvalue weighted by Crippen LogP contribution is -2.43. The summed E-state index contributed by atoms with van der Waals surface area (Å²) in [5, 5.41) is 0. The van der Waals surface area contributed by atoms with E-state index in [1.54, 1.807) is 24.3 Å². The van der Waals surface area contributed by atoms with E-state index >= 15 is 0 Å². The molecule has 0 amide bonds. The maximum Gasteiger partial charge on any atom is 0.240 e. The Bertz CT molecular complexity index is 566. The SMILES string of the molecule is CC(N)c1ccc(S(=O)(=O)NC2CCCC(C)C2C)cc1. The Morgan fingerprint density at radius 1 is 1.19 bits per heavy atom. The van der Waals surface area contributed by atoms with Crippen molar-refractivity contribution in [2.24, 2.45) is 17.6 Å². The van der Waals surface area contributed by atoms with Crippen molar-refractivity contribution in [2.75, 3.05) is 0 Å². The maximum atomic E-state index is 12.5. The summed E-state index contributed by atoms with van der Waals surface area (Å²) in [7, 11) is -3.45. The third-order valence-electron chi connectivity index (χ3n) is 4.73. The Hall–Kier alpha value is -0.910. The van der Waals surface area contributed by atoms with E-state index in [0.29, 0.717) is 16.7 Å². The van der Waals surface area contributed by atoms with Crippen molar-refractivity contribution in [2.45, 2.75) is 57.0 Å². The number of rotatable bonds is 4. The van der Waals surface area contributed by atoms with Crippen LogP contribution < -0.4 is 10.5 Å². The molecule has 1 aliphatic rings. The Labute approximate surface area is 128 Å². The van der Waals surface area contributed by atoms with Crippen LogP contribution in [0.1, 0.15) is 51.6 Å². The molecule has 0 radical (unpaired) electrons. The van der Waals surface area contributed by atoms with Gasteiger partial charge in [-0.1, -0.05) is 38.8 Å². The van der Waals surface area contributed by atoms with Gasteiger partial charge in [-0.15, -0.1) is 0 Å². The summed E-state index contributed by atoms with van der Waals surface area (Å²) in [6.45, 7) is 6.21. The molecule has 2 rings (SSSR count). The van der Waals surface area contributed by atoms with Crippen LogP contribution in [-0.4, -0.2) is 14.5 Å². The van der Waals surface area contributed by atoms with Gasteiger partial charge in [0.15, 0.2) is 0 Å². The second-order valence-electron chi connectivity index (χ2n) is 6.35. The molecule has 1 aromatic carbocycles. The first-order valence-corrected chi connectivity index (χ1v) is 9.17. The molecule has 0 bridgehead atoms. The van der Waals surface area contributed by atoms with Crippen LogP contribution in [0.5, 0.6) is 0 Å². The van der Waals surface area contributed by atoms with Gasteiger partial charge in [0.1, 0.15) is 0 Å². The minimum atomic E-state index is -3.45. The van der Waals surface area contributed by atoms with Gasteiger partial charge in [-0.25, -0.2) is 13.1 Å². The highest BCUT2D eigenvalue weighted by atomic mass is 32.2. The van der Waals surface area contributed by atoms with Gasteiger partial charge in [0, 0.05) is 12.1 Å². The first kappa shape index (κ1) is 16.5. The predicted octanol–water partition coefficient (Wildman–Crippen LogP) is 2.81. The third-order valence-corrected chi connectivity index (χ3v) is 6.24. The number of hydrogen-bond acceptors (Lipinski definition) is 3. The Kier molecular flexibility index (Phi) is 5.07. The van der Waals surface area contributed by atoms with Crippen molar-refractivity contribution in [3.63, 3.8) is 0 Å². The lowest BCUT2D eigenvalue weighted by atomic mass is 9.78. The van der Waals surface area contributed by atoms with Crippen molar-refractivity contribution in [1.82, 2.24) is 4.72 Å². The number of hydrogen-bond donors (Lipinski definition) is 2. The topological polar surface area (TPSA) is 72.2 Å². The molecule has 0 spiro atoms. The van der Waals surface area contributed by atoms with Gasteiger partial charge >= 0.3 is 0 Å². The fourth-order valence-corrected chi connectivity index (χ4v) is 4.33. The monoisotopic (exact) mass is 310 g/mol. The second-order valence-corrected chi connectivity index (χ2v) is 8.07. The van der Waals surface area contributed by atoms with E-state index in [4.69, 9.17) is 5.73 Å². The summed E-state index contributed by atoms with van der Waals surface area (Å²) in [4.78, 5) is 0.317. The molecule has 3 N–H and O–H groups in total. The van der Waals surface area contributed by atoms with Crippen molar-refractivity contribution in [3.8, 4) is 0 Å². The van der Waals surface area contributed by atoms with Crippen LogP contribution >= 0.6 is 0 Å².